The molecule has 0 radical (unpaired) electrons. The summed E-state index contributed by atoms with van der Waals surface area (Å²) in [5, 5.41) is 5.14. The van der Waals surface area contributed by atoms with Gasteiger partial charge in [0.25, 0.3) is 11.8 Å². The summed E-state index contributed by atoms with van der Waals surface area (Å²) in [4.78, 5) is 38.0. The van der Waals surface area contributed by atoms with Crippen molar-refractivity contribution in [1.82, 2.24) is 5.32 Å². The van der Waals surface area contributed by atoms with E-state index in [1.807, 2.05) is 24.3 Å². The number of amides is 2. The fraction of sp³-hybridized carbons (Fsp3) is 0.286. The van der Waals surface area contributed by atoms with Crippen molar-refractivity contribution >= 4 is 45.1 Å². The second-order valence-corrected chi connectivity index (χ2v) is 7.56. The van der Waals surface area contributed by atoms with Gasteiger partial charge in [-0.1, -0.05) is 15.9 Å². The van der Waals surface area contributed by atoms with Gasteiger partial charge in [0.2, 0.25) is 0 Å². The molecule has 0 bridgehead atoms. The summed E-state index contributed by atoms with van der Waals surface area (Å²) in [5.74, 6) is -1.52. The van der Waals surface area contributed by atoms with E-state index in [2.05, 4.69) is 31.5 Å². The van der Waals surface area contributed by atoms with E-state index in [-0.39, 0.29) is 6.54 Å². The normalized spacial score (nSPS) is 13.1. The van der Waals surface area contributed by atoms with Crippen LogP contribution in [0.1, 0.15) is 23.2 Å². The van der Waals surface area contributed by atoms with E-state index in [0.29, 0.717) is 11.3 Å². The van der Waals surface area contributed by atoms with Crippen LogP contribution in [0.25, 0.3) is 0 Å². The van der Waals surface area contributed by atoms with E-state index in [1.54, 1.807) is 24.3 Å². The van der Waals surface area contributed by atoms with E-state index in [4.69, 9.17) is 4.74 Å². The molecule has 0 aliphatic carbocycles. The molecule has 2 aromatic rings. The lowest BCUT2D eigenvalue weighted by atomic mass is 10.2. The van der Waals surface area contributed by atoms with Crippen molar-refractivity contribution in [3.8, 4) is 0 Å². The maximum Gasteiger partial charge on any atom is 0.325 e. The van der Waals surface area contributed by atoms with Gasteiger partial charge < -0.3 is 20.3 Å². The Hall–Kier alpha value is -2.87. The minimum absolute atomic E-state index is 0.313. The molecule has 0 aromatic heterocycles. The van der Waals surface area contributed by atoms with Crippen molar-refractivity contribution in [3.05, 3.63) is 58.6 Å². The molecule has 7 nitrogen and oxygen atoms in total. The number of anilines is 2. The number of esters is 1. The van der Waals surface area contributed by atoms with Gasteiger partial charge in [0, 0.05) is 34.5 Å². The summed E-state index contributed by atoms with van der Waals surface area (Å²) in [5.41, 5.74) is 2.20. The Balaban J connectivity index is 1.37. The molecular formula is C21H22BrN3O4. The number of halogens is 1. The number of rotatable bonds is 7. The summed E-state index contributed by atoms with van der Waals surface area (Å²) in [7, 11) is 0. The lowest BCUT2D eigenvalue weighted by molar-refractivity contribution is -0.146. The largest absolute Gasteiger partial charge is 0.454 e. The number of carbonyl (C=O) groups is 3. The van der Waals surface area contributed by atoms with Crippen LogP contribution < -0.4 is 15.5 Å². The third kappa shape index (κ3) is 6.32. The van der Waals surface area contributed by atoms with E-state index in [0.717, 1.165) is 23.2 Å². The van der Waals surface area contributed by atoms with Crippen LogP contribution in [0, 0.1) is 0 Å². The SMILES string of the molecule is O=C(COC(=O)CNC(=O)c1ccc(Br)cc1)Nc1ccc(N2CCCC2)cc1. The smallest absolute Gasteiger partial charge is 0.325 e. The maximum atomic E-state index is 12.0. The third-order valence-corrected chi connectivity index (χ3v) is 5.01. The van der Waals surface area contributed by atoms with Crippen LogP contribution in [0.3, 0.4) is 0 Å². The molecule has 29 heavy (non-hydrogen) atoms. The van der Waals surface area contributed by atoms with Gasteiger partial charge in [-0.15, -0.1) is 0 Å². The Morgan fingerprint density at radius 1 is 0.966 bits per heavy atom. The number of benzene rings is 2. The predicted octanol–water partition coefficient (Wildman–Crippen LogP) is 2.96. The Bertz CT molecular complexity index is 862. The van der Waals surface area contributed by atoms with Crippen LogP contribution in [-0.4, -0.2) is 44.0 Å². The van der Waals surface area contributed by atoms with Crippen molar-refractivity contribution in [3.63, 3.8) is 0 Å². The molecule has 2 amide bonds. The number of nitrogens with zero attached hydrogens (tertiary/aromatic N) is 1. The monoisotopic (exact) mass is 459 g/mol. The van der Waals surface area contributed by atoms with E-state index in [1.165, 1.54) is 12.8 Å². The molecule has 1 heterocycles. The number of ether oxygens (including phenoxy) is 1. The number of carbonyl (C=O) groups excluding carboxylic acids is 3. The number of hydrogen-bond donors (Lipinski definition) is 2. The Labute approximate surface area is 177 Å². The second-order valence-electron chi connectivity index (χ2n) is 6.64. The molecule has 2 N–H and O–H groups in total. The molecule has 2 aromatic carbocycles. The highest BCUT2D eigenvalue weighted by Crippen LogP contribution is 2.22. The first-order chi connectivity index (χ1) is 14.0. The van der Waals surface area contributed by atoms with Crippen molar-refractivity contribution in [2.24, 2.45) is 0 Å². The zero-order valence-electron chi connectivity index (χ0n) is 15.8. The molecular weight excluding hydrogens is 438 g/mol. The van der Waals surface area contributed by atoms with Crippen molar-refractivity contribution in [1.29, 1.82) is 0 Å². The van der Waals surface area contributed by atoms with Gasteiger partial charge in [-0.2, -0.15) is 0 Å². The second kappa shape index (κ2) is 10.1. The molecule has 152 valence electrons. The molecule has 8 heteroatoms. The summed E-state index contributed by atoms with van der Waals surface area (Å²) in [6, 6.07) is 14.3. The summed E-state index contributed by atoms with van der Waals surface area (Å²) >= 11 is 3.29. The lowest BCUT2D eigenvalue weighted by Crippen LogP contribution is -2.32. The minimum Gasteiger partial charge on any atom is -0.454 e. The molecule has 1 aliphatic heterocycles. The fourth-order valence-corrected chi connectivity index (χ4v) is 3.25. The van der Waals surface area contributed by atoms with E-state index in [9.17, 15) is 14.4 Å². The molecule has 0 unspecified atom stereocenters. The Kier molecular flexibility index (Phi) is 7.24. The maximum absolute atomic E-state index is 12.0. The molecule has 0 atom stereocenters. The van der Waals surface area contributed by atoms with Gasteiger partial charge in [-0.05, 0) is 61.4 Å². The first kappa shape index (κ1) is 20.9. The van der Waals surface area contributed by atoms with Crippen molar-refractivity contribution in [2.75, 3.05) is 36.5 Å². The summed E-state index contributed by atoms with van der Waals surface area (Å²) in [6.07, 6.45) is 2.40. The summed E-state index contributed by atoms with van der Waals surface area (Å²) in [6.45, 7) is 1.38. The quantitative estimate of drug-likeness (QED) is 0.621. The van der Waals surface area contributed by atoms with Crippen LogP contribution in [0.2, 0.25) is 0 Å². The number of hydrogen-bond acceptors (Lipinski definition) is 5. The number of nitrogens with one attached hydrogen (secondary N) is 2. The van der Waals surface area contributed by atoms with Gasteiger partial charge in [-0.3, -0.25) is 14.4 Å². The molecule has 1 fully saturated rings. The lowest BCUT2D eigenvalue weighted by Gasteiger charge is -2.17. The first-order valence-electron chi connectivity index (χ1n) is 9.35. The molecule has 3 rings (SSSR count). The van der Waals surface area contributed by atoms with Gasteiger partial charge >= 0.3 is 5.97 Å². The van der Waals surface area contributed by atoms with Gasteiger partial charge in [-0.25, -0.2) is 0 Å². The Morgan fingerprint density at radius 2 is 1.62 bits per heavy atom. The van der Waals surface area contributed by atoms with Crippen LogP contribution in [0.5, 0.6) is 0 Å². The third-order valence-electron chi connectivity index (χ3n) is 4.49. The van der Waals surface area contributed by atoms with Gasteiger partial charge in [0.05, 0.1) is 0 Å². The summed E-state index contributed by atoms with van der Waals surface area (Å²) < 4.78 is 5.76. The fourth-order valence-electron chi connectivity index (χ4n) is 2.98. The highest BCUT2D eigenvalue weighted by atomic mass is 79.9. The molecule has 0 saturated carbocycles. The minimum atomic E-state index is -0.685. The first-order valence-corrected chi connectivity index (χ1v) is 10.1. The average Bonchev–Trinajstić information content (AvgIpc) is 3.26. The Morgan fingerprint density at radius 3 is 2.28 bits per heavy atom. The highest BCUT2D eigenvalue weighted by Gasteiger charge is 2.13. The zero-order chi connectivity index (χ0) is 20.6. The van der Waals surface area contributed by atoms with Gasteiger partial charge in [0.15, 0.2) is 6.61 Å². The molecule has 1 saturated heterocycles. The highest BCUT2D eigenvalue weighted by molar-refractivity contribution is 9.10. The molecule has 1 aliphatic rings. The van der Waals surface area contributed by atoms with Crippen LogP contribution in [0.4, 0.5) is 11.4 Å². The van der Waals surface area contributed by atoms with Crippen LogP contribution >= 0.6 is 15.9 Å². The standard InChI is InChI=1S/C21H22BrN3O4/c22-16-5-3-15(4-6-16)21(28)23-13-20(27)29-14-19(26)24-17-7-9-18(10-8-17)25-11-1-2-12-25/h3-10H,1-2,11-14H2,(H,23,28)(H,24,26). The molecule has 0 spiro atoms. The van der Waals surface area contributed by atoms with Crippen molar-refractivity contribution in [2.45, 2.75) is 12.8 Å². The van der Waals surface area contributed by atoms with Crippen LogP contribution in [0.15, 0.2) is 53.0 Å². The van der Waals surface area contributed by atoms with E-state index >= 15 is 0 Å². The van der Waals surface area contributed by atoms with Crippen LogP contribution in [-0.2, 0) is 14.3 Å². The van der Waals surface area contributed by atoms with Crippen molar-refractivity contribution < 1.29 is 19.1 Å². The average molecular weight is 460 g/mol. The van der Waals surface area contributed by atoms with E-state index < -0.39 is 24.4 Å². The van der Waals surface area contributed by atoms with Gasteiger partial charge in [0.1, 0.15) is 6.54 Å². The topological polar surface area (TPSA) is 87.7 Å². The predicted molar refractivity (Wildman–Crippen MR) is 114 cm³/mol. The zero-order valence-corrected chi connectivity index (χ0v) is 17.4.